The minimum Gasteiger partial charge on any atom is -0.356 e. The SMILES string of the molecule is [CH2][C](Nc1nc(Nc2cnn(C)c2)ncc1Cl)c1ccccc1Cl. The summed E-state index contributed by atoms with van der Waals surface area (Å²) in [5.74, 6) is 0.824. The third-order valence-corrected chi connectivity index (χ3v) is 3.78. The summed E-state index contributed by atoms with van der Waals surface area (Å²) in [5.41, 5.74) is 1.55. The van der Waals surface area contributed by atoms with Gasteiger partial charge in [-0.3, -0.25) is 4.68 Å². The number of aryl methyl sites for hydroxylation is 1. The number of rotatable bonds is 5. The monoisotopic (exact) mass is 360 g/mol. The van der Waals surface area contributed by atoms with Crippen molar-refractivity contribution in [1.82, 2.24) is 19.7 Å². The van der Waals surface area contributed by atoms with E-state index in [0.29, 0.717) is 27.9 Å². The zero-order chi connectivity index (χ0) is 17.1. The van der Waals surface area contributed by atoms with Crippen LogP contribution in [0.2, 0.25) is 10.0 Å². The molecule has 1 aromatic carbocycles. The Morgan fingerprint density at radius 2 is 1.96 bits per heavy atom. The van der Waals surface area contributed by atoms with Crippen molar-refractivity contribution in [3.05, 3.63) is 71.4 Å². The molecule has 24 heavy (non-hydrogen) atoms. The van der Waals surface area contributed by atoms with Crippen molar-refractivity contribution >= 4 is 40.7 Å². The standard InChI is InChI=1S/C16H14Cl2N6/c1-10(12-5-3-4-6-13(12)17)21-15-14(18)8-19-16(23-15)22-11-7-20-24(2)9-11/h3-9H,1H2,2H3,(H2,19,21,22,23). The summed E-state index contributed by atoms with van der Waals surface area (Å²) in [4.78, 5) is 8.52. The lowest BCUT2D eigenvalue weighted by Crippen LogP contribution is -2.11. The van der Waals surface area contributed by atoms with Crippen molar-refractivity contribution in [1.29, 1.82) is 0 Å². The summed E-state index contributed by atoms with van der Waals surface area (Å²) in [7, 11) is 1.83. The highest BCUT2D eigenvalue weighted by Gasteiger charge is 2.14. The molecule has 0 saturated carbocycles. The number of nitrogens with zero attached hydrogens (tertiary/aromatic N) is 4. The fraction of sp³-hybridized carbons (Fsp3) is 0.0625. The average molecular weight is 361 g/mol. The second-order valence-electron chi connectivity index (χ2n) is 5.00. The first-order valence-corrected chi connectivity index (χ1v) is 7.77. The molecule has 0 aliphatic rings. The smallest absolute Gasteiger partial charge is 0.229 e. The summed E-state index contributed by atoms with van der Waals surface area (Å²) in [6, 6.07) is 7.98. The first kappa shape index (κ1) is 16.5. The Labute approximate surface area is 149 Å². The second-order valence-corrected chi connectivity index (χ2v) is 5.82. The minimum atomic E-state index is 0.375. The molecular weight excluding hydrogens is 347 g/mol. The van der Waals surface area contributed by atoms with E-state index in [1.165, 1.54) is 6.20 Å². The van der Waals surface area contributed by atoms with Crippen LogP contribution >= 0.6 is 23.2 Å². The Kier molecular flexibility index (Phi) is 4.87. The third kappa shape index (κ3) is 3.77. The Balaban J connectivity index is 1.80. The molecule has 0 saturated heterocycles. The number of aromatic nitrogens is 4. The van der Waals surface area contributed by atoms with Crippen molar-refractivity contribution in [3.8, 4) is 0 Å². The summed E-state index contributed by atoms with van der Waals surface area (Å²) < 4.78 is 1.68. The Morgan fingerprint density at radius 3 is 2.67 bits per heavy atom. The van der Waals surface area contributed by atoms with Gasteiger partial charge in [0.25, 0.3) is 0 Å². The molecule has 2 N–H and O–H groups in total. The molecule has 0 amide bonds. The maximum Gasteiger partial charge on any atom is 0.229 e. The van der Waals surface area contributed by atoms with Gasteiger partial charge in [-0.2, -0.15) is 10.1 Å². The van der Waals surface area contributed by atoms with Gasteiger partial charge in [0.15, 0.2) is 5.82 Å². The van der Waals surface area contributed by atoms with Crippen molar-refractivity contribution in [2.24, 2.45) is 7.05 Å². The highest BCUT2D eigenvalue weighted by Crippen LogP contribution is 2.28. The number of anilines is 3. The van der Waals surface area contributed by atoms with Crippen LogP contribution in [0, 0.1) is 13.0 Å². The number of hydrogen-bond donors (Lipinski definition) is 2. The number of hydrogen-bond acceptors (Lipinski definition) is 5. The van der Waals surface area contributed by atoms with Crippen LogP contribution in [0.15, 0.2) is 42.9 Å². The van der Waals surface area contributed by atoms with Crippen LogP contribution in [-0.4, -0.2) is 19.7 Å². The normalized spacial score (nSPS) is 10.9. The lowest BCUT2D eigenvalue weighted by atomic mass is 10.1. The lowest BCUT2D eigenvalue weighted by molar-refractivity contribution is 0.768. The first-order chi connectivity index (χ1) is 11.5. The molecule has 0 spiro atoms. The van der Waals surface area contributed by atoms with E-state index in [1.807, 2.05) is 31.4 Å². The van der Waals surface area contributed by atoms with E-state index in [4.69, 9.17) is 23.2 Å². The first-order valence-electron chi connectivity index (χ1n) is 7.02. The van der Waals surface area contributed by atoms with E-state index in [0.717, 1.165) is 11.3 Å². The molecule has 3 rings (SSSR count). The summed E-state index contributed by atoms with van der Waals surface area (Å²) in [6.45, 7) is 3.99. The molecule has 0 aliphatic heterocycles. The van der Waals surface area contributed by atoms with E-state index >= 15 is 0 Å². The molecule has 2 aromatic heterocycles. The van der Waals surface area contributed by atoms with E-state index < -0.39 is 0 Å². The molecule has 3 aromatic rings. The van der Waals surface area contributed by atoms with Gasteiger partial charge in [0.05, 0.1) is 24.1 Å². The fourth-order valence-electron chi connectivity index (χ4n) is 2.05. The van der Waals surface area contributed by atoms with Crippen molar-refractivity contribution < 1.29 is 0 Å². The number of nitrogens with one attached hydrogen (secondary N) is 2. The summed E-state index contributed by atoms with van der Waals surface area (Å²) >= 11 is 12.3. The van der Waals surface area contributed by atoms with Gasteiger partial charge in [0.2, 0.25) is 5.95 Å². The lowest BCUT2D eigenvalue weighted by Gasteiger charge is -2.16. The molecular formula is C16H14Cl2N6. The summed E-state index contributed by atoms with van der Waals surface area (Å²) in [5, 5.41) is 11.2. The van der Waals surface area contributed by atoms with E-state index in [-0.39, 0.29) is 0 Å². The molecule has 0 unspecified atom stereocenters. The van der Waals surface area contributed by atoms with Crippen molar-refractivity contribution in [2.75, 3.05) is 10.6 Å². The predicted octanol–water partition coefficient (Wildman–Crippen LogP) is 4.09. The third-order valence-electron chi connectivity index (χ3n) is 3.17. The van der Waals surface area contributed by atoms with Gasteiger partial charge in [-0.25, -0.2) is 4.98 Å². The van der Waals surface area contributed by atoms with Gasteiger partial charge in [-0.15, -0.1) is 0 Å². The molecule has 8 heteroatoms. The number of halogens is 2. The Hall–Kier alpha value is -2.31. The van der Waals surface area contributed by atoms with Crippen LogP contribution < -0.4 is 10.6 Å². The van der Waals surface area contributed by atoms with E-state index in [1.54, 1.807) is 16.9 Å². The van der Waals surface area contributed by atoms with Crippen LogP contribution in [-0.2, 0) is 7.05 Å². The average Bonchev–Trinajstić information content (AvgIpc) is 2.96. The van der Waals surface area contributed by atoms with Crippen LogP contribution in [0.4, 0.5) is 17.5 Å². The molecule has 2 heterocycles. The van der Waals surface area contributed by atoms with Gasteiger partial charge < -0.3 is 10.6 Å². The molecule has 0 bridgehead atoms. The van der Waals surface area contributed by atoms with Gasteiger partial charge in [0, 0.05) is 18.3 Å². The van der Waals surface area contributed by atoms with E-state index in [2.05, 4.69) is 32.6 Å². The zero-order valence-electron chi connectivity index (χ0n) is 12.8. The molecule has 6 nitrogen and oxygen atoms in total. The molecule has 2 radical (unpaired) electrons. The van der Waals surface area contributed by atoms with Gasteiger partial charge in [-0.1, -0.05) is 41.4 Å². The largest absolute Gasteiger partial charge is 0.356 e. The maximum atomic E-state index is 6.18. The van der Waals surface area contributed by atoms with E-state index in [9.17, 15) is 0 Å². The Bertz CT molecular complexity index is 848. The van der Waals surface area contributed by atoms with Crippen LogP contribution in [0.1, 0.15) is 5.56 Å². The van der Waals surface area contributed by atoms with Crippen LogP contribution in [0.3, 0.4) is 0 Å². The molecule has 0 atom stereocenters. The highest BCUT2D eigenvalue weighted by molar-refractivity contribution is 6.33. The van der Waals surface area contributed by atoms with Gasteiger partial charge in [0.1, 0.15) is 5.02 Å². The number of benzene rings is 1. The fourth-order valence-corrected chi connectivity index (χ4v) is 2.43. The predicted molar refractivity (Wildman–Crippen MR) is 96.3 cm³/mol. The van der Waals surface area contributed by atoms with Crippen LogP contribution in [0.25, 0.3) is 0 Å². The van der Waals surface area contributed by atoms with Crippen molar-refractivity contribution in [3.63, 3.8) is 0 Å². The summed E-state index contributed by atoms with van der Waals surface area (Å²) in [6.07, 6.45) is 5.00. The molecule has 0 fully saturated rings. The quantitative estimate of drug-likeness (QED) is 0.717. The Morgan fingerprint density at radius 1 is 1.17 bits per heavy atom. The maximum absolute atomic E-state index is 6.18. The van der Waals surface area contributed by atoms with Gasteiger partial charge >= 0.3 is 0 Å². The van der Waals surface area contributed by atoms with Crippen molar-refractivity contribution in [2.45, 2.75) is 0 Å². The molecule has 122 valence electrons. The van der Waals surface area contributed by atoms with Crippen LogP contribution in [0.5, 0.6) is 0 Å². The van der Waals surface area contributed by atoms with Gasteiger partial charge in [-0.05, 0) is 18.6 Å². The zero-order valence-corrected chi connectivity index (χ0v) is 14.3. The molecule has 0 aliphatic carbocycles. The highest BCUT2D eigenvalue weighted by atomic mass is 35.5. The second kappa shape index (κ2) is 7.07. The minimum absolute atomic E-state index is 0.375. The topological polar surface area (TPSA) is 67.7 Å².